The third kappa shape index (κ3) is 3.14. The summed E-state index contributed by atoms with van der Waals surface area (Å²) >= 11 is 0. The van der Waals surface area contributed by atoms with Gasteiger partial charge in [-0.3, -0.25) is 14.7 Å². The fourth-order valence-corrected chi connectivity index (χ4v) is 2.77. The molecule has 9 nitrogen and oxygen atoms in total. The number of anilines is 2. The summed E-state index contributed by atoms with van der Waals surface area (Å²) in [5.41, 5.74) is 1.94. The van der Waals surface area contributed by atoms with Gasteiger partial charge in [0.2, 0.25) is 0 Å². The lowest BCUT2D eigenvalue weighted by Crippen LogP contribution is -2.37. The molecule has 0 aliphatic carbocycles. The summed E-state index contributed by atoms with van der Waals surface area (Å²) in [4.78, 5) is 37.7. The summed E-state index contributed by atoms with van der Waals surface area (Å²) in [6.07, 6.45) is -3.29. The van der Waals surface area contributed by atoms with Crippen molar-refractivity contribution < 1.29 is 33.4 Å². The fraction of sp³-hybridized carbons (Fsp3) is 0.400. The number of ether oxygens (including phenoxy) is 2. The van der Waals surface area contributed by atoms with E-state index in [9.17, 15) is 18.8 Å². The van der Waals surface area contributed by atoms with E-state index in [1.165, 1.54) is 9.80 Å². The minimum Gasteiger partial charge on any atom is -0.465 e. The lowest BCUT2D eigenvalue weighted by Gasteiger charge is -2.26. The Morgan fingerprint density at radius 1 is 1.40 bits per heavy atom. The summed E-state index contributed by atoms with van der Waals surface area (Å²) < 4.78 is 22.8. The van der Waals surface area contributed by atoms with Crippen molar-refractivity contribution in [1.82, 2.24) is 4.90 Å². The van der Waals surface area contributed by atoms with Crippen molar-refractivity contribution in [3.63, 3.8) is 0 Å². The molecular weight excluding hydrogens is 337 g/mol. The Bertz CT molecular complexity index is 727. The Labute approximate surface area is 142 Å². The van der Waals surface area contributed by atoms with E-state index in [2.05, 4.69) is 0 Å². The predicted octanol–water partition coefficient (Wildman–Crippen LogP) is 2.01. The van der Waals surface area contributed by atoms with Gasteiger partial charge in [0.25, 0.3) is 0 Å². The van der Waals surface area contributed by atoms with Gasteiger partial charge in [-0.25, -0.2) is 18.8 Å². The lowest BCUT2D eigenvalue weighted by atomic mass is 10.1. The number of carbonyl (C=O) groups excluding carboxylic acids is 2. The average molecular weight is 353 g/mol. The number of halogens is 1. The van der Waals surface area contributed by atoms with Crippen molar-refractivity contribution in [1.29, 1.82) is 0 Å². The number of alkyl halides is 1. The molecule has 0 radical (unpaired) electrons. The highest BCUT2D eigenvalue weighted by Gasteiger charge is 2.35. The number of cyclic esters (lactones) is 2. The predicted molar refractivity (Wildman–Crippen MR) is 83.4 cm³/mol. The number of fused-ring (bicyclic) bond motifs is 1. The van der Waals surface area contributed by atoms with Gasteiger partial charge in [-0.2, -0.15) is 0 Å². The first-order valence-corrected chi connectivity index (χ1v) is 7.46. The van der Waals surface area contributed by atoms with Crippen LogP contribution in [0.1, 0.15) is 5.56 Å². The monoisotopic (exact) mass is 353 g/mol. The van der Waals surface area contributed by atoms with Crippen LogP contribution in [0.2, 0.25) is 0 Å². The van der Waals surface area contributed by atoms with Gasteiger partial charge in [0.15, 0.2) is 6.80 Å². The van der Waals surface area contributed by atoms with E-state index in [1.54, 1.807) is 25.2 Å². The van der Waals surface area contributed by atoms with Gasteiger partial charge in [-0.05, 0) is 18.2 Å². The highest BCUT2D eigenvalue weighted by atomic mass is 19.1. The highest BCUT2D eigenvalue weighted by Crippen LogP contribution is 2.31. The molecular formula is C15H16FN3O6. The second kappa shape index (κ2) is 6.46. The molecule has 1 atom stereocenters. The van der Waals surface area contributed by atoms with Crippen LogP contribution in [-0.4, -0.2) is 61.3 Å². The van der Waals surface area contributed by atoms with Crippen LogP contribution < -0.4 is 9.80 Å². The minimum absolute atomic E-state index is 0.0906. The standard InChI is InChI=1S/C15H16FN3O6/c1-17-12-3-2-10(4-9(12)7-24-14(17)22)19-6-11(25-15(19)23)5-18(8-16)13(20)21/h2-4,11H,5-8H2,1H3,(H,20,21)/t11-/m1/s1. The van der Waals surface area contributed by atoms with Gasteiger partial charge in [-0.1, -0.05) is 0 Å². The molecule has 2 aliphatic heterocycles. The molecule has 0 bridgehead atoms. The Morgan fingerprint density at radius 2 is 2.16 bits per heavy atom. The molecule has 1 aromatic rings. The number of nitrogens with zero attached hydrogens (tertiary/aromatic N) is 3. The van der Waals surface area contributed by atoms with Crippen LogP contribution >= 0.6 is 0 Å². The lowest BCUT2D eigenvalue weighted by molar-refractivity contribution is 0.0798. The second-order valence-corrected chi connectivity index (χ2v) is 5.67. The molecule has 1 saturated heterocycles. The van der Waals surface area contributed by atoms with E-state index in [0.717, 1.165) is 5.56 Å². The molecule has 2 aliphatic rings. The number of hydrogen-bond acceptors (Lipinski definition) is 5. The third-order valence-electron chi connectivity index (χ3n) is 4.07. The zero-order valence-electron chi connectivity index (χ0n) is 13.3. The third-order valence-corrected chi connectivity index (χ3v) is 4.07. The Hall–Kier alpha value is -3.04. The fourth-order valence-electron chi connectivity index (χ4n) is 2.77. The molecule has 10 heteroatoms. The molecule has 3 rings (SSSR count). The van der Waals surface area contributed by atoms with E-state index in [-0.39, 0.29) is 19.7 Å². The molecule has 25 heavy (non-hydrogen) atoms. The molecule has 134 valence electrons. The number of carbonyl (C=O) groups is 3. The Morgan fingerprint density at radius 3 is 2.84 bits per heavy atom. The molecule has 1 aromatic carbocycles. The van der Waals surface area contributed by atoms with Crippen molar-refractivity contribution in [2.45, 2.75) is 12.7 Å². The first-order chi connectivity index (χ1) is 11.9. The molecule has 0 unspecified atom stereocenters. The van der Waals surface area contributed by atoms with E-state index in [4.69, 9.17) is 14.6 Å². The summed E-state index contributed by atoms with van der Waals surface area (Å²) in [5, 5.41) is 8.85. The van der Waals surface area contributed by atoms with Gasteiger partial charge in [-0.15, -0.1) is 0 Å². The zero-order chi connectivity index (χ0) is 18.1. The van der Waals surface area contributed by atoms with Gasteiger partial charge in [0, 0.05) is 18.3 Å². The molecule has 1 fully saturated rings. The Balaban J connectivity index is 1.75. The summed E-state index contributed by atoms with van der Waals surface area (Å²) in [6.45, 7) is -1.25. The van der Waals surface area contributed by atoms with Gasteiger partial charge < -0.3 is 14.6 Å². The maximum atomic E-state index is 12.7. The van der Waals surface area contributed by atoms with Crippen LogP contribution in [0.3, 0.4) is 0 Å². The van der Waals surface area contributed by atoms with Crippen LogP contribution in [0.4, 0.5) is 30.1 Å². The topological polar surface area (TPSA) is 99.6 Å². The molecule has 0 saturated carbocycles. The van der Waals surface area contributed by atoms with E-state index < -0.39 is 31.2 Å². The second-order valence-electron chi connectivity index (χ2n) is 5.67. The summed E-state index contributed by atoms with van der Waals surface area (Å²) in [6, 6.07) is 5.05. The number of carboxylic acid groups (broad SMARTS) is 1. The van der Waals surface area contributed by atoms with Crippen molar-refractivity contribution >= 4 is 29.7 Å². The van der Waals surface area contributed by atoms with Gasteiger partial charge in [0.05, 0.1) is 18.8 Å². The first-order valence-electron chi connectivity index (χ1n) is 7.46. The number of benzene rings is 1. The van der Waals surface area contributed by atoms with Crippen molar-refractivity contribution in [2.24, 2.45) is 0 Å². The van der Waals surface area contributed by atoms with E-state index in [1.807, 2.05) is 0 Å². The van der Waals surface area contributed by atoms with Crippen molar-refractivity contribution in [3.05, 3.63) is 23.8 Å². The van der Waals surface area contributed by atoms with Crippen LogP contribution in [0, 0.1) is 0 Å². The average Bonchev–Trinajstić information content (AvgIpc) is 2.96. The number of hydrogen-bond donors (Lipinski definition) is 1. The molecule has 3 amide bonds. The van der Waals surface area contributed by atoms with E-state index >= 15 is 0 Å². The number of rotatable bonds is 4. The van der Waals surface area contributed by atoms with Crippen LogP contribution in [0.5, 0.6) is 0 Å². The van der Waals surface area contributed by atoms with Crippen LogP contribution in [0.15, 0.2) is 18.2 Å². The SMILES string of the molecule is CN1C(=O)OCc2cc(N3C[C@@H](CN(CF)C(=O)O)OC3=O)ccc21. The molecule has 2 heterocycles. The van der Waals surface area contributed by atoms with Crippen molar-refractivity contribution in [3.8, 4) is 0 Å². The molecule has 1 N–H and O–H groups in total. The van der Waals surface area contributed by atoms with Crippen molar-refractivity contribution in [2.75, 3.05) is 36.7 Å². The van der Waals surface area contributed by atoms with Crippen LogP contribution in [0.25, 0.3) is 0 Å². The normalized spacial score (nSPS) is 19.4. The zero-order valence-corrected chi connectivity index (χ0v) is 13.3. The molecule has 0 spiro atoms. The van der Waals surface area contributed by atoms with E-state index in [0.29, 0.717) is 16.3 Å². The maximum absolute atomic E-state index is 12.7. The summed E-state index contributed by atoms with van der Waals surface area (Å²) in [7, 11) is 1.58. The quantitative estimate of drug-likeness (QED) is 0.831. The Kier molecular flexibility index (Phi) is 4.34. The van der Waals surface area contributed by atoms with Gasteiger partial charge in [0.1, 0.15) is 12.7 Å². The molecule has 0 aromatic heterocycles. The minimum atomic E-state index is -1.42. The first kappa shape index (κ1) is 16.8. The van der Waals surface area contributed by atoms with Gasteiger partial charge >= 0.3 is 18.3 Å². The maximum Gasteiger partial charge on any atom is 0.414 e. The number of amides is 3. The highest BCUT2D eigenvalue weighted by molar-refractivity contribution is 5.93. The largest absolute Gasteiger partial charge is 0.465 e. The summed E-state index contributed by atoms with van der Waals surface area (Å²) in [5.74, 6) is 0. The smallest absolute Gasteiger partial charge is 0.414 e. The van der Waals surface area contributed by atoms with Crippen LogP contribution in [-0.2, 0) is 16.1 Å².